The van der Waals surface area contributed by atoms with Gasteiger partial charge in [-0.3, -0.25) is 0 Å². The molecule has 0 aromatic carbocycles. The average molecular weight is 276 g/mol. The van der Waals surface area contributed by atoms with E-state index in [2.05, 4.69) is 33.9 Å². The van der Waals surface area contributed by atoms with Crippen molar-refractivity contribution in [2.24, 2.45) is 0 Å². The Hall–Kier alpha value is 0.0569. The molecule has 4 nitrogen and oxygen atoms in total. The van der Waals surface area contributed by atoms with Gasteiger partial charge in [-0.25, -0.2) is 0 Å². The van der Waals surface area contributed by atoms with E-state index in [1.54, 1.807) is 13.8 Å². The molecule has 0 spiro atoms. The molecule has 1 aliphatic heterocycles. The summed E-state index contributed by atoms with van der Waals surface area (Å²) in [7, 11) is -1.72. The van der Waals surface area contributed by atoms with E-state index < -0.39 is 19.6 Å². The molecule has 0 aromatic heterocycles. The lowest BCUT2D eigenvalue weighted by atomic mass is 10.1. The summed E-state index contributed by atoms with van der Waals surface area (Å²) in [5, 5.41) is 20.2. The third-order valence-electron chi connectivity index (χ3n) is 4.84. The maximum absolute atomic E-state index is 9.99. The highest BCUT2D eigenvalue weighted by atomic mass is 28.3. The van der Waals surface area contributed by atoms with E-state index in [1.807, 2.05) is 0 Å². The maximum atomic E-state index is 9.99. The highest BCUT2D eigenvalue weighted by Crippen LogP contribution is 2.44. The molecule has 108 valence electrons. The van der Waals surface area contributed by atoms with Gasteiger partial charge in [-0.2, -0.15) is 0 Å². The molecule has 1 saturated heterocycles. The number of aliphatic hydroxyl groups is 2. The quantitative estimate of drug-likeness (QED) is 0.613. The Balaban J connectivity index is 2.91. The molecule has 0 unspecified atom stereocenters. The zero-order valence-electron chi connectivity index (χ0n) is 12.7. The fourth-order valence-corrected chi connectivity index (χ4v) is 3.93. The van der Waals surface area contributed by atoms with E-state index in [-0.39, 0.29) is 17.2 Å². The maximum Gasteiger partial charge on any atom is 0.220 e. The van der Waals surface area contributed by atoms with Gasteiger partial charge in [0.2, 0.25) is 11.6 Å². The SMILES string of the molecule is CCC(O)(O)[C@]1(C)OC[C@H]([Si](C)(C)C(C)(C)C)O1. The zero-order valence-corrected chi connectivity index (χ0v) is 13.7. The Morgan fingerprint density at radius 1 is 1.28 bits per heavy atom. The smallest absolute Gasteiger partial charge is 0.220 e. The predicted octanol–water partition coefficient (Wildman–Crippen LogP) is 2.26. The summed E-state index contributed by atoms with van der Waals surface area (Å²) in [5.74, 6) is -3.26. The molecule has 1 fully saturated rings. The molecule has 0 bridgehead atoms. The Bertz CT molecular complexity index is 309. The fourth-order valence-electron chi connectivity index (χ4n) is 1.94. The van der Waals surface area contributed by atoms with Crippen molar-refractivity contribution >= 4 is 8.07 Å². The molecule has 1 aliphatic rings. The molecule has 2 atom stereocenters. The molecular weight excluding hydrogens is 248 g/mol. The van der Waals surface area contributed by atoms with Gasteiger partial charge in [0.25, 0.3) is 0 Å². The minimum absolute atomic E-state index is 0.0206. The Labute approximate surface area is 111 Å². The first-order valence-corrected chi connectivity index (χ1v) is 9.71. The minimum atomic E-state index is -1.94. The Kier molecular flexibility index (Phi) is 4.08. The zero-order chi connectivity index (χ0) is 14.4. The van der Waals surface area contributed by atoms with Crippen molar-refractivity contribution in [2.75, 3.05) is 6.61 Å². The van der Waals surface area contributed by atoms with Crippen LogP contribution in [0.1, 0.15) is 41.0 Å². The van der Waals surface area contributed by atoms with Crippen LogP contribution in [0.25, 0.3) is 0 Å². The van der Waals surface area contributed by atoms with E-state index in [9.17, 15) is 10.2 Å². The van der Waals surface area contributed by atoms with E-state index in [0.717, 1.165) is 0 Å². The number of rotatable bonds is 3. The van der Waals surface area contributed by atoms with Crippen LogP contribution in [-0.2, 0) is 9.47 Å². The van der Waals surface area contributed by atoms with Crippen LogP contribution < -0.4 is 0 Å². The summed E-state index contributed by atoms with van der Waals surface area (Å²) in [6.07, 6.45) is 0.174. The summed E-state index contributed by atoms with van der Waals surface area (Å²) < 4.78 is 11.5. The minimum Gasteiger partial charge on any atom is -0.361 e. The molecule has 1 heterocycles. The molecule has 0 aliphatic carbocycles. The summed E-state index contributed by atoms with van der Waals surface area (Å²) in [5.41, 5.74) is -0.0206. The molecule has 5 heteroatoms. The van der Waals surface area contributed by atoms with Crippen LogP contribution >= 0.6 is 0 Å². The highest BCUT2D eigenvalue weighted by Gasteiger charge is 2.57. The normalized spacial score (nSPS) is 30.8. The first-order valence-electron chi connectivity index (χ1n) is 6.64. The van der Waals surface area contributed by atoms with Crippen molar-refractivity contribution in [1.29, 1.82) is 0 Å². The van der Waals surface area contributed by atoms with Crippen molar-refractivity contribution in [3.8, 4) is 0 Å². The van der Waals surface area contributed by atoms with Crippen molar-refractivity contribution in [1.82, 2.24) is 0 Å². The summed E-state index contributed by atoms with van der Waals surface area (Å²) in [6.45, 7) is 14.9. The van der Waals surface area contributed by atoms with Crippen LogP contribution in [0.2, 0.25) is 18.1 Å². The molecule has 1 rings (SSSR count). The van der Waals surface area contributed by atoms with Crippen LogP contribution in [0.5, 0.6) is 0 Å². The third-order valence-corrected chi connectivity index (χ3v) is 10.6. The first-order chi connectivity index (χ1) is 7.87. The van der Waals surface area contributed by atoms with Crippen molar-refractivity contribution in [3.63, 3.8) is 0 Å². The van der Waals surface area contributed by atoms with E-state index in [4.69, 9.17) is 9.47 Å². The molecule has 18 heavy (non-hydrogen) atoms. The van der Waals surface area contributed by atoms with Gasteiger partial charge in [0.05, 0.1) is 20.4 Å². The monoisotopic (exact) mass is 276 g/mol. The number of ether oxygens (including phenoxy) is 2. The van der Waals surface area contributed by atoms with Gasteiger partial charge < -0.3 is 19.7 Å². The lowest BCUT2D eigenvalue weighted by Gasteiger charge is -2.42. The Morgan fingerprint density at radius 2 is 1.78 bits per heavy atom. The molecule has 0 radical (unpaired) electrons. The van der Waals surface area contributed by atoms with Gasteiger partial charge in [-0.15, -0.1) is 0 Å². The van der Waals surface area contributed by atoms with Gasteiger partial charge in [0.1, 0.15) is 0 Å². The van der Waals surface area contributed by atoms with E-state index in [0.29, 0.717) is 6.61 Å². The van der Waals surface area contributed by atoms with Crippen LogP contribution in [0.4, 0.5) is 0 Å². The van der Waals surface area contributed by atoms with Crippen molar-refractivity contribution in [2.45, 2.75) is 76.5 Å². The van der Waals surface area contributed by atoms with Crippen LogP contribution in [0, 0.1) is 0 Å². The Morgan fingerprint density at radius 3 is 2.17 bits per heavy atom. The average Bonchev–Trinajstić information content (AvgIpc) is 2.61. The first kappa shape index (κ1) is 16.1. The molecule has 0 saturated carbocycles. The largest absolute Gasteiger partial charge is 0.361 e. The highest BCUT2D eigenvalue weighted by molar-refractivity contribution is 6.81. The van der Waals surface area contributed by atoms with E-state index >= 15 is 0 Å². The number of hydrogen-bond acceptors (Lipinski definition) is 4. The molecular formula is C13H28O4Si. The van der Waals surface area contributed by atoms with Gasteiger partial charge in [0, 0.05) is 6.42 Å². The van der Waals surface area contributed by atoms with Gasteiger partial charge in [-0.05, 0) is 12.0 Å². The summed E-state index contributed by atoms with van der Waals surface area (Å²) in [4.78, 5) is 0. The summed E-state index contributed by atoms with van der Waals surface area (Å²) in [6, 6.07) is 0. The van der Waals surface area contributed by atoms with Crippen molar-refractivity contribution in [3.05, 3.63) is 0 Å². The molecule has 0 amide bonds. The van der Waals surface area contributed by atoms with Crippen LogP contribution in [-0.4, -0.2) is 42.2 Å². The molecule has 2 N–H and O–H groups in total. The van der Waals surface area contributed by atoms with Crippen molar-refractivity contribution < 1.29 is 19.7 Å². The topological polar surface area (TPSA) is 58.9 Å². The molecule has 0 aromatic rings. The predicted molar refractivity (Wildman–Crippen MR) is 73.9 cm³/mol. The lowest BCUT2D eigenvalue weighted by Crippen LogP contribution is -2.56. The third kappa shape index (κ3) is 2.51. The standard InChI is InChI=1S/C13H28O4Si/c1-8-13(14,15)12(5)16-9-10(17-12)18(6,7)11(2,3)4/h10,14-15H,8-9H2,1-7H3/t10-,12+/m0/s1. The second kappa shape index (κ2) is 4.56. The van der Waals surface area contributed by atoms with Crippen LogP contribution in [0.3, 0.4) is 0 Å². The van der Waals surface area contributed by atoms with Crippen LogP contribution in [0.15, 0.2) is 0 Å². The summed E-state index contributed by atoms with van der Waals surface area (Å²) >= 11 is 0. The van der Waals surface area contributed by atoms with Gasteiger partial charge >= 0.3 is 0 Å². The fraction of sp³-hybridized carbons (Fsp3) is 1.00. The van der Waals surface area contributed by atoms with Gasteiger partial charge in [0.15, 0.2) is 0 Å². The lowest BCUT2D eigenvalue weighted by molar-refractivity contribution is -0.346. The second-order valence-electron chi connectivity index (χ2n) is 7.01. The van der Waals surface area contributed by atoms with Gasteiger partial charge in [-0.1, -0.05) is 40.8 Å². The number of hydrogen-bond donors (Lipinski definition) is 2. The van der Waals surface area contributed by atoms with E-state index in [1.165, 1.54) is 0 Å². The second-order valence-corrected chi connectivity index (χ2v) is 12.6.